The van der Waals surface area contributed by atoms with E-state index in [2.05, 4.69) is 15.6 Å². The second kappa shape index (κ2) is 7.56. The van der Waals surface area contributed by atoms with Gasteiger partial charge in [-0.25, -0.2) is 4.99 Å². The number of benzene rings is 3. The van der Waals surface area contributed by atoms with E-state index >= 15 is 0 Å². The molecule has 1 amide bonds. The molecule has 29 heavy (non-hydrogen) atoms. The average Bonchev–Trinajstić information content (AvgIpc) is 2.70. The maximum absolute atomic E-state index is 12.5. The van der Waals surface area contributed by atoms with Crippen LogP contribution in [0.1, 0.15) is 11.1 Å². The average molecular weight is 406 g/mol. The second-order valence-electron chi connectivity index (χ2n) is 6.72. The lowest BCUT2D eigenvalue weighted by Crippen LogP contribution is -2.19. The molecule has 0 unspecified atom stereocenters. The summed E-state index contributed by atoms with van der Waals surface area (Å²) in [6.07, 6.45) is 0. The van der Waals surface area contributed by atoms with Crippen LogP contribution in [0.15, 0.2) is 53.5 Å². The van der Waals surface area contributed by atoms with Crippen LogP contribution in [0.5, 0.6) is 0 Å². The lowest BCUT2D eigenvalue weighted by Gasteiger charge is -2.18. The molecule has 0 saturated carbocycles. The standard InChI is InChI=1S/C21H18N4O3S/c1-12-9-10-17(25(27)28)20(13(12)2)24-18(26)11-29-21-22-15-7-3-5-14-6-4-8-16(23-21)19(14)15/h3-10H,11H2,1-2H3,(H,22,23)(H,24,26). The molecular formula is C21H18N4O3S. The van der Waals surface area contributed by atoms with Crippen molar-refractivity contribution in [3.8, 4) is 0 Å². The Balaban J connectivity index is 1.50. The molecule has 0 radical (unpaired) electrons. The Kier molecular flexibility index (Phi) is 4.94. The number of carbonyl (C=O) groups is 1. The summed E-state index contributed by atoms with van der Waals surface area (Å²) >= 11 is 1.25. The summed E-state index contributed by atoms with van der Waals surface area (Å²) < 4.78 is 0. The summed E-state index contributed by atoms with van der Waals surface area (Å²) in [5.41, 5.74) is 3.49. The number of aliphatic imine (C=N–C) groups is 1. The van der Waals surface area contributed by atoms with Gasteiger partial charge in [0.05, 0.1) is 22.1 Å². The van der Waals surface area contributed by atoms with Crippen molar-refractivity contribution in [1.82, 2.24) is 0 Å². The third-order valence-corrected chi connectivity index (χ3v) is 5.73. The number of nitro benzene ring substituents is 1. The minimum Gasteiger partial charge on any atom is -0.334 e. The number of rotatable bonds is 4. The Hall–Kier alpha value is -3.39. The summed E-state index contributed by atoms with van der Waals surface area (Å²) in [7, 11) is 0. The van der Waals surface area contributed by atoms with E-state index in [1.165, 1.54) is 17.8 Å². The van der Waals surface area contributed by atoms with Crippen LogP contribution in [0.3, 0.4) is 0 Å². The van der Waals surface area contributed by atoms with Crippen LogP contribution in [0, 0.1) is 24.0 Å². The van der Waals surface area contributed by atoms with E-state index in [0.717, 1.165) is 27.7 Å². The zero-order valence-corrected chi connectivity index (χ0v) is 16.7. The maximum Gasteiger partial charge on any atom is 0.293 e. The van der Waals surface area contributed by atoms with Gasteiger partial charge in [0, 0.05) is 11.5 Å². The molecule has 1 heterocycles. The van der Waals surface area contributed by atoms with Crippen molar-refractivity contribution in [3.63, 3.8) is 0 Å². The number of amidine groups is 1. The molecular weight excluding hydrogens is 388 g/mol. The molecule has 4 rings (SSSR count). The number of hydrogen-bond acceptors (Lipinski definition) is 6. The number of nitrogens with zero attached hydrogens (tertiary/aromatic N) is 2. The molecule has 0 saturated heterocycles. The molecule has 1 aliphatic rings. The zero-order valence-electron chi connectivity index (χ0n) is 15.9. The van der Waals surface area contributed by atoms with Gasteiger partial charge in [-0.05, 0) is 42.5 Å². The number of nitro groups is 1. The van der Waals surface area contributed by atoms with Gasteiger partial charge >= 0.3 is 0 Å². The van der Waals surface area contributed by atoms with Crippen molar-refractivity contribution in [2.45, 2.75) is 13.8 Å². The molecule has 0 atom stereocenters. The van der Waals surface area contributed by atoms with Crippen molar-refractivity contribution in [2.75, 3.05) is 16.4 Å². The van der Waals surface area contributed by atoms with Crippen molar-refractivity contribution >= 4 is 56.4 Å². The normalized spacial score (nSPS) is 12.3. The van der Waals surface area contributed by atoms with Crippen LogP contribution in [0.2, 0.25) is 0 Å². The number of aryl methyl sites for hydroxylation is 1. The van der Waals surface area contributed by atoms with Crippen LogP contribution in [0.4, 0.5) is 22.7 Å². The third kappa shape index (κ3) is 3.66. The van der Waals surface area contributed by atoms with E-state index in [0.29, 0.717) is 10.7 Å². The number of thioether (sulfide) groups is 1. The van der Waals surface area contributed by atoms with E-state index < -0.39 is 4.92 Å². The predicted octanol–water partition coefficient (Wildman–Crippen LogP) is 5.15. The van der Waals surface area contributed by atoms with Gasteiger partial charge in [0.1, 0.15) is 5.69 Å². The summed E-state index contributed by atoms with van der Waals surface area (Å²) in [5.74, 6) is -0.248. The summed E-state index contributed by atoms with van der Waals surface area (Å²) in [6, 6.07) is 15.0. The lowest BCUT2D eigenvalue weighted by molar-refractivity contribution is -0.384. The molecule has 3 aromatic rings. The number of hydrogen-bond donors (Lipinski definition) is 2. The quantitative estimate of drug-likeness (QED) is 0.461. The van der Waals surface area contributed by atoms with Crippen LogP contribution < -0.4 is 10.6 Å². The van der Waals surface area contributed by atoms with E-state index in [-0.39, 0.29) is 23.0 Å². The molecule has 7 nitrogen and oxygen atoms in total. The highest BCUT2D eigenvalue weighted by Gasteiger charge is 2.20. The van der Waals surface area contributed by atoms with Gasteiger partial charge in [0.2, 0.25) is 5.91 Å². The Morgan fingerprint density at radius 2 is 1.93 bits per heavy atom. The van der Waals surface area contributed by atoms with E-state index in [1.54, 1.807) is 13.0 Å². The highest BCUT2D eigenvalue weighted by Crippen LogP contribution is 2.37. The van der Waals surface area contributed by atoms with E-state index in [4.69, 9.17) is 0 Å². The van der Waals surface area contributed by atoms with Crippen LogP contribution in [-0.2, 0) is 4.79 Å². The fraction of sp³-hybridized carbons (Fsp3) is 0.143. The first kappa shape index (κ1) is 18.9. The summed E-state index contributed by atoms with van der Waals surface area (Å²) in [6.45, 7) is 3.61. The monoisotopic (exact) mass is 406 g/mol. The molecule has 3 aromatic carbocycles. The minimum atomic E-state index is -0.487. The number of nitrogens with one attached hydrogen (secondary N) is 2. The van der Waals surface area contributed by atoms with Crippen molar-refractivity contribution in [2.24, 2.45) is 4.99 Å². The first-order valence-corrected chi connectivity index (χ1v) is 9.97. The molecule has 0 fully saturated rings. The molecule has 1 aliphatic heterocycles. The van der Waals surface area contributed by atoms with Gasteiger partial charge in [-0.2, -0.15) is 0 Å². The molecule has 0 aliphatic carbocycles. The Morgan fingerprint density at radius 1 is 1.17 bits per heavy atom. The first-order valence-electron chi connectivity index (χ1n) is 8.99. The Morgan fingerprint density at radius 3 is 2.69 bits per heavy atom. The summed E-state index contributed by atoms with van der Waals surface area (Å²) in [4.78, 5) is 27.9. The number of anilines is 2. The van der Waals surface area contributed by atoms with Crippen LogP contribution in [-0.4, -0.2) is 21.8 Å². The van der Waals surface area contributed by atoms with Gasteiger partial charge in [-0.1, -0.05) is 42.1 Å². The minimum absolute atomic E-state index is 0.0779. The highest BCUT2D eigenvalue weighted by atomic mass is 32.2. The largest absolute Gasteiger partial charge is 0.334 e. The fourth-order valence-corrected chi connectivity index (χ4v) is 3.95. The second-order valence-corrected chi connectivity index (χ2v) is 7.68. The molecule has 2 N–H and O–H groups in total. The highest BCUT2D eigenvalue weighted by molar-refractivity contribution is 8.14. The molecule has 8 heteroatoms. The number of amides is 1. The zero-order chi connectivity index (χ0) is 20.5. The third-order valence-electron chi connectivity index (χ3n) is 4.86. The lowest BCUT2D eigenvalue weighted by atomic mass is 10.1. The smallest absolute Gasteiger partial charge is 0.293 e. The van der Waals surface area contributed by atoms with Gasteiger partial charge in [0.25, 0.3) is 5.69 Å². The van der Waals surface area contributed by atoms with Crippen molar-refractivity contribution in [3.05, 3.63) is 69.8 Å². The maximum atomic E-state index is 12.5. The van der Waals surface area contributed by atoms with Crippen LogP contribution >= 0.6 is 11.8 Å². The molecule has 146 valence electrons. The number of carbonyl (C=O) groups excluding carboxylic acids is 1. The van der Waals surface area contributed by atoms with E-state index in [9.17, 15) is 14.9 Å². The SMILES string of the molecule is Cc1ccc([N+](=O)[O-])c(NC(=O)CSC2=Nc3cccc4cccc(c34)N2)c1C. The fourth-order valence-electron chi connectivity index (χ4n) is 3.26. The van der Waals surface area contributed by atoms with Gasteiger partial charge < -0.3 is 10.6 Å². The molecule has 0 bridgehead atoms. The molecule has 0 spiro atoms. The van der Waals surface area contributed by atoms with E-state index in [1.807, 2.05) is 43.3 Å². The Bertz CT molecular complexity index is 1180. The van der Waals surface area contributed by atoms with Crippen molar-refractivity contribution in [1.29, 1.82) is 0 Å². The van der Waals surface area contributed by atoms with Crippen LogP contribution in [0.25, 0.3) is 10.8 Å². The van der Waals surface area contributed by atoms with Crippen molar-refractivity contribution < 1.29 is 9.72 Å². The Labute approximate surface area is 171 Å². The summed E-state index contributed by atoms with van der Waals surface area (Å²) in [5, 5.41) is 20.0. The first-order chi connectivity index (χ1) is 13.9. The predicted molar refractivity (Wildman–Crippen MR) is 118 cm³/mol. The van der Waals surface area contributed by atoms with Gasteiger partial charge in [-0.15, -0.1) is 0 Å². The van der Waals surface area contributed by atoms with Gasteiger partial charge in [0.15, 0.2) is 5.17 Å². The molecule has 0 aromatic heterocycles. The topological polar surface area (TPSA) is 96.6 Å². The van der Waals surface area contributed by atoms with Gasteiger partial charge in [-0.3, -0.25) is 14.9 Å².